The van der Waals surface area contributed by atoms with E-state index in [0.717, 1.165) is 5.56 Å². The summed E-state index contributed by atoms with van der Waals surface area (Å²) in [7, 11) is 0. The highest BCUT2D eigenvalue weighted by Crippen LogP contribution is 2.14. The fourth-order valence-corrected chi connectivity index (χ4v) is 2.16. The number of primary amides is 1. The first-order valence-electron chi connectivity index (χ1n) is 6.18. The van der Waals surface area contributed by atoms with Gasteiger partial charge in [0, 0.05) is 18.8 Å². The summed E-state index contributed by atoms with van der Waals surface area (Å²) in [4.78, 5) is 31.6. The molecule has 0 radical (unpaired) electrons. The lowest BCUT2D eigenvalue weighted by Gasteiger charge is -2.15. The Morgan fingerprint density at radius 3 is 2.57 bits per heavy atom. The quantitative estimate of drug-likeness (QED) is 0.789. The molecule has 2 rings (SSSR count). The zero-order valence-electron chi connectivity index (χ0n) is 11.0. The summed E-state index contributed by atoms with van der Waals surface area (Å²) in [5.74, 6) is -1.06. The Bertz CT molecular complexity index is 648. The summed E-state index contributed by atoms with van der Waals surface area (Å²) in [5, 5.41) is 2.58. The van der Waals surface area contributed by atoms with Crippen LogP contribution in [0.4, 0.5) is 0 Å². The average molecular weight is 349 g/mol. The first kappa shape index (κ1) is 15.1. The lowest BCUT2D eigenvalue weighted by molar-refractivity contribution is -0.119. The van der Waals surface area contributed by atoms with Gasteiger partial charge in [-0.2, -0.15) is 0 Å². The standard InChI is InChI=1S/C14H13BrN4O2/c15-12-9(4-3-7-18-12)8-11(13(16)20)19-14(21)10-5-1-2-6-17-10/h1-7,11H,8H2,(H2,16,20)(H,19,21)/t11-/m1/s1. The lowest BCUT2D eigenvalue weighted by atomic mass is 10.1. The molecule has 2 heterocycles. The summed E-state index contributed by atoms with van der Waals surface area (Å²) >= 11 is 3.30. The molecule has 0 aliphatic carbocycles. The third-order valence-corrected chi connectivity index (χ3v) is 3.52. The highest BCUT2D eigenvalue weighted by Gasteiger charge is 2.21. The smallest absolute Gasteiger partial charge is 0.270 e. The van der Waals surface area contributed by atoms with Crippen LogP contribution in [0.5, 0.6) is 0 Å². The number of carbonyl (C=O) groups is 2. The van der Waals surface area contributed by atoms with E-state index in [0.29, 0.717) is 4.60 Å². The van der Waals surface area contributed by atoms with Gasteiger partial charge in [-0.25, -0.2) is 4.98 Å². The van der Waals surface area contributed by atoms with Gasteiger partial charge in [-0.1, -0.05) is 12.1 Å². The van der Waals surface area contributed by atoms with Crippen LogP contribution in [0.15, 0.2) is 47.3 Å². The van der Waals surface area contributed by atoms with Crippen LogP contribution >= 0.6 is 15.9 Å². The zero-order valence-corrected chi connectivity index (χ0v) is 12.6. The molecule has 6 nitrogen and oxygen atoms in total. The minimum Gasteiger partial charge on any atom is -0.368 e. The number of halogens is 1. The van der Waals surface area contributed by atoms with Gasteiger partial charge < -0.3 is 11.1 Å². The molecule has 0 bridgehead atoms. The van der Waals surface area contributed by atoms with Crippen LogP contribution in [0.1, 0.15) is 16.1 Å². The van der Waals surface area contributed by atoms with Crippen LogP contribution in [0, 0.1) is 0 Å². The third kappa shape index (κ3) is 4.09. The van der Waals surface area contributed by atoms with E-state index >= 15 is 0 Å². The highest BCUT2D eigenvalue weighted by molar-refractivity contribution is 9.10. The maximum absolute atomic E-state index is 12.0. The average Bonchev–Trinajstić information content (AvgIpc) is 2.49. The molecule has 2 amide bonds. The topological polar surface area (TPSA) is 98.0 Å². The number of amides is 2. The van der Waals surface area contributed by atoms with Gasteiger partial charge >= 0.3 is 0 Å². The first-order chi connectivity index (χ1) is 10.1. The van der Waals surface area contributed by atoms with Gasteiger partial charge in [-0.15, -0.1) is 0 Å². The Morgan fingerprint density at radius 2 is 1.95 bits per heavy atom. The SMILES string of the molecule is NC(=O)[C@@H](Cc1cccnc1Br)NC(=O)c1ccccn1. The van der Waals surface area contributed by atoms with Gasteiger partial charge in [0.1, 0.15) is 16.3 Å². The number of rotatable bonds is 5. The van der Waals surface area contributed by atoms with Gasteiger partial charge in [-0.3, -0.25) is 14.6 Å². The van der Waals surface area contributed by atoms with Crippen molar-refractivity contribution in [3.05, 3.63) is 58.6 Å². The zero-order chi connectivity index (χ0) is 15.2. The number of pyridine rings is 2. The molecule has 7 heteroatoms. The van der Waals surface area contributed by atoms with Crippen molar-refractivity contribution in [2.24, 2.45) is 5.73 Å². The van der Waals surface area contributed by atoms with Crippen molar-refractivity contribution in [1.82, 2.24) is 15.3 Å². The fraction of sp³-hybridized carbons (Fsp3) is 0.143. The van der Waals surface area contributed by atoms with Gasteiger partial charge in [0.25, 0.3) is 5.91 Å². The first-order valence-corrected chi connectivity index (χ1v) is 6.98. The van der Waals surface area contributed by atoms with E-state index in [4.69, 9.17) is 5.73 Å². The predicted molar refractivity (Wildman–Crippen MR) is 80.3 cm³/mol. The van der Waals surface area contributed by atoms with Crippen molar-refractivity contribution < 1.29 is 9.59 Å². The highest BCUT2D eigenvalue weighted by atomic mass is 79.9. The molecule has 108 valence electrons. The summed E-state index contributed by atoms with van der Waals surface area (Å²) in [6.07, 6.45) is 3.38. The Kier molecular flexibility index (Phi) is 4.99. The Balaban J connectivity index is 2.12. The van der Waals surface area contributed by atoms with Crippen molar-refractivity contribution in [2.75, 3.05) is 0 Å². The molecule has 2 aromatic rings. The molecule has 0 aliphatic heterocycles. The summed E-state index contributed by atoms with van der Waals surface area (Å²) in [6.45, 7) is 0. The molecule has 0 unspecified atom stereocenters. The van der Waals surface area contributed by atoms with Crippen molar-refractivity contribution >= 4 is 27.7 Å². The van der Waals surface area contributed by atoms with E-state index in [1.54, 1.807) is 36.5 Å². The minimum atomic E-state index is -0.833. The molecule has 3 N–H and O–H groups in total. The third-order valence-electron chi connectivity index (χ3n) is 2.81. The number of nitrogens with one attached hydrogen (secondary N) is 1. The molecule has 0 fully saturated rings. The van der Waals surface area contributed by atoms with Gasteiger partial charge in [0.2, 0.25) is 5.91 Å². The fourth-order valence-electron chi connectivity index (χ4n) is 1.74. The molecule has 0 aromatic carbocycles. The van der Waals surface area contributed by atoms with Gasteiger partial charge in [0.05, 0.1) is 0 Å². The maximum Gasteiger partial charge on any atom is 0.270 e. The van der Waals surface area contributed by atoms with E-state index in [1.807, 2.05) is 0 Å². The normalized spacial score (nSPS) is 11.7. The summed E-state index contributed by atoms with van der Waals surface area (Å²) in [5.41, 5.74) is 6.36. The minimum absolute atomic E-state index is 0.231. The van der Waals surface area contributed by atoms with Crippen LogP contribution in [-0.2, 0) is 11.2 Å². The Hall–Kier alpha value is -2.28. The van der Waals surface area contributed by atoms with Crippen molar-refractivity contribution in [3.63, 3.8) is 0 Å². The second kappa shape index (κ2) is 6.94. The molecule has 0 saturated heterocycles. The van der Waals surface area contributed by atoms with E-state index < -0.39 is 17.9 Å². The van der Waals surface area contributed by atoms with Crippen LogP contribution in [0.3, 0.4) is 0 Å². The molecular weight excluding hydrogens is 336 g/mol. The van der Waals surface area contributed by atoms with Crippen LogP contribution in [-0.4, -0.2) is 27.8 Å². The molecule has 0 saturated carbocycles. The van der Waals surface area contributed by atoms with Crippen LogP contribution in [0.2, 0.25) is 0 Å². The van der Waals surface area contributed by atoms with Crippen molar-refractivity contribution in [3.8, 4) is 0 Å². The number of aromatic nitrogens is 2. The van der Waals surface area contributed by atoms with Crippen LogP contribution < -0.4 is 11.1 Å². The van der Waals surface area contributed by atoms with E-state index in [9.17, 15) is 9.59 Å². The molecule has 2 aromatic heterocycles. The van der Waals surface area contributed by atoms with E-state index in [-0.39, 0.29) is 12.1 Å². The number of hydrogen-bond acceptors (Lipinski definition) is 4. The Morgan fingerprint density at radius 1 is 1.19 bits per heavy atom. The molecule has 21 heavy (non-hydrogen) atoms. The largest absolute Gasteiger partial charge is 0.368 e. The maximum atomic E-state index is 12.0. The summed E-state index contributed by atoms with van der Waals surface area (Å²) < 4.78 is 0.614. The van der Waals surface area contributed by atoms with Crippen LogP contribution in [0.25, 0.3) is 0 Å². The number of hydrogen-bond donors (Lipinski definition) is 2. The van der Waals surface area contributed by atoms with E-state index in [1.165, 1.54) is 6.20 Å². The second-order valence-corrected chi connectivity index (χ2v) is 5.05. The van der Waals surface area contributed by atoms with Crippen molar-refractivity contribution in [1.29, 1.82) is 0 Å². The number of nitrogens with zero attached hydrogens (tertiary/aromatic N) is 2. The Labute approximate surface area is 129 Å². The monoisotopic (exact) mass is 348 g/mol. The summed E-state index contributed by atoms with van der Waals surface area (Å²) in [6, 6.07) is 7.68. The number of carbonyl (C=O) groups excluding carboxylic acids is 2. The molecule has 1 atom stereocenters. The molecule has 0 aliphatic rings. The second-order valence-electron chi connectivity index (χ2n) is 4.30. The van der Waals surface area contributed by atoms with Gasteiger partial charge in [-0.05, 0) is 39.7 Å². The van der Waals surface area contributed by atoms with Crippen molar-refractivity contribution in [2.45, 2.75) is 12.5 Å². The van der Waals surface area contributed by atoms with E-state index in [2.05, 4.69) is 31.2 Å². The predicted octanol–water partition coefficient (Wildman–Crippen LogP) is 1.07. The lowest BCUT2D eigenvalue weighted by Crippen LogP contribution is -2.46. The molecule has 0 spiro atoms. The van der Waals surface area contributed by atoms with Gasteiger partial charge in [0.15, 0.2) is 0 Å². The number of nitrogens with two attached hydrogens (primary N) is 1. The molecular formula is C14H13BrN4O2.